The molecule has 2 saturated heterocycles. The van der Waals surface area contributed by atoms with E-state index in [0.717, 1.165) is 31.4 Å². The molecule has 2 atom stereocenters. The molecule has 0 N–H and O–H groups in total. The highest BCUT2D eigenvalue weighted by atomic mass is 16.2. The summed E-state index contributed by atoms with van der Waals surface area (Å²) >= 11 is 0. The zero-order valence-corrected chi connectivity index (χ0v) is 19.9. The lowest BCUT2D eigenvalue weighted by Gasteiger charge is -2.45. The number of carbonyl (C=O) groups is 2. The van der Waals surface area contributed by atoms with Crippen LogP contribution in [-0.4, -0.2) is 54.5 Å². The summed E-state index contributed by atoms with van der Waals surface area (Å²) in [6.07, 6.45) is 7.33. The Balaban J connectivity index is 1.45. The molecular weight excluding hydrogens is 426 g/mol. The van der Waals surface area contributed by atoms with Gasteiger partial charge in [0, 0.05) is 30.8 Å². The number of carbonyl (C=O) groups excluding carboxylic acids is 2. The van der Waals surface area contributed by atoms with Crippen molar-refractivity contribution in [2.75, 3.05) is 6.54 Å². The molecule has 2 fully saturated rings. The average molecular weight is 458 g/mol. The highest BCUT2D eigenvalue weighted by Crippen LogP contribution is 2.40. The molecule has 7 heteroatoms. The Labute approximate surface area is 200 Å². The molecular formula is C27H31N5O2. The largest absolute Gasteiger partial charge is 0.333 e. The van der Waals surface area contributed by atoms with Crippen LogP contribution in [0.25, 0.3) is 5.69 Å². The first-order valence-corrected chi connectivity index (χ1v) is 12.1. The summed E-state index contributed by atoms with van der Waals surface area (Å²) in [6, 6.07) is 15.8. The molecule has 2 aromatic carbocycles. The quantitative estimate of drug-likeness (QED) is 0.590. The van der Waals surface area contributed by atoms with Crippen LogP contribution in [-0.2, 0) is 11.3 Å². The molecule has 0 radical (unpaired) electrons. The number of likely N-dealkylation sites (tertiary alicyclic amines) is 2. The van der Waals surface area contributed by atoms with Gasteiger partial charge in [0.15, 0.2) is 0 Å². The van der Waals surface area contributed by atoms with Crippen LogP contribution in [0.5, 0.6) is 0 Å². The van der Waals surface area contributed by atoms with Crippen LogP contribution in [0.1, 0.15) is 60.5 Å². The minimum atomic E-state index is -0.388. The number of fused-ring (bicyclic) bond motifs is 1. The fourth-order valence-corrected chi connectivity index (χ4v) is 5.59. The van der Waals surface area contributed by atoms with E-state index in [1.807, 2.05) is 41.3 Å². The van der Waals surface area contributed by atoms with Gasteiger partial charge in [-0.15, -0.1) is 10.2 Å². The van der Waals surface area contributed by atoms with Gasteiger partial charge in [-0.3, -0.25) is 14.2 Å². The SMILES string of the molecule is Cc1ccccc1CN1C(=O)CCCC[C@@H]2N(C(=O)c3cccc(-n4cnnc4)c3)CC[C@@]21C. The van der Waals surface area contributed by atoms with Gasteiger partial charge in [-0.25, -0.2) is 0 Å². The molecule has 2 aliphatic heterocycles. The van der Waals surface area contributed by atoms with Gasteiger partial charge in [0.25, 0.3) is 5.91 Å². The average Bonchev–Trinajstić information content (AvgIpc) is 3.49. The summed E-state index contributed by atoms with van der Waals surface area (Å²) < 4.78 is 1.79. The molecule has 2 amide bonds. The Kier molecular flexibility index (Phi) is 5.94. The van der Waals surface area contributed by atoms with Crippen molar-refractivity contribution < 1.29 is 9.59 Å². The molecule has 3 heterocycles. The number of hydrogen-bond acceptors (Lipinski definition) is 4. The van der Waals surface area contributed by atoms with E-state index in [-0.39, 0.29) is 23.4 Å². The number of rotatable bonds is 4. The maximum absolute atomic E-state index is 13.7. The van der Waals surface area contributed by atoms with Crippen molar-refractivity contribution in [3.05, 3.63) is 77.9 Å². The molecule has 34 heavy (non-hydrogen) atoms. The van der Waals surface area contributed by atoms with E-state index < -0.39 is 0 Å². The van der Waals surface area contributed by atoms with Gasteiger partial charge < -0.3 is 9.80 Å². The predicted octanol–water partition coefficient (Wildman–Crippen LogP) is 4.15. The molecule has 1 aromatic heterocycles. The first-order valence-electron chi connectivity index (χ1n) is 12.1. The van der Waals surface area contributed by atoms with Crippen LogP contribution in [0.15, 0.2) is 61.2 Å². The highest BCUT2D eigenvalue weighted by molar-refractivity contribution is 5.95. The number of aromatic nitrogens is 3. The second-order valence-electron chi connectivity index (χ2n) is 9.69. The second-order valence-corrected chi connectivity index (χ2v) is 9.69. The molecule has 0 aliphatic carbocycles. The molecule has 3 aromatic rings. The third-order valence-electron chi connectivity index (χ3n) is 7.65. The first kappa shape index (κ1) is 22.3. The van der Waals surface area contributed by atoms with Crippen molar-refractivity contribution in [1.82, 2.24) is 24.6 Å². The normalized spacial score (nSPS) is 22.9. The van der Waals surface area contributed by atoms with Crippen LogP contribution in [0.2, 0.25) is 0 Å². The van der Waals surface area contributed by atoms with Gasteiger partial charge in [-0.05, 0) is 62.4 Å². The van der Waals surface area contributed by atoms with Gasteiger partial charge in [0.05, 0.1) is 11.6 Å². The molecule has 0 bridgehead atoms. The number of amides is 2. The van der Waals surface area contributed by atoms with Crippen molar-refractivity contribution >= 4 is 11.8 Å². The second kappa shape index (κ2) is 9.05. The van der Waals surface area contributed by atoms with E-state index in [9.17, 15) is 9.59 Å². The smallest absolute Gasteiger partial charge is 0.254 e. The fourth-order valence-electron chi connectivity index (χ4n) is 5.59. The van der Waals surface area contributed by atoms with Crippen LogP contribution < -0.4 is 0 Å². The highest BCUT2D eigenvalue weighted by Gasteiger charge is 2.51. The Morgan fingerprint density at radius 1 is 1.09 bits per heavy atom. The van der Waals surface area contributed by atoms with E-state index in [0.29, 0.717) is 25.1 Å². The van der Waals surface area contributed by atoms with Gasteiger partial charge in [0.2, 0.25) is 5.91 Å². The molecule has 176 valence electrons. The van der Waals surface area contributed by atoms with E-state index >= 15 is 0 Å². The number of hydrogen-bond donors (Lipinski definition) is 0. The number of benzene rings is 2. The minimum absolute atomic E-state index is 0.00756. The monoisotopic (exact) mass is 457 g/mol. The Morgan fingerprint density at radius 3 is 2.68 bits per heavy atom. The fraction of sp³-hybridized carbons (Fsp3) is 0.407. The van der Waals surface area contributed by atoms with Crippen molar-refractivity contribution in [3.63, 3.8) is 0 Å². The summed E-state index contributed by atoms with van der Waals surface area (Å²) in [5, 5.41) is 7.74. The molecule has 7 nitrogen and oxygen atoms in total. The summed E-state index contributed by atoms with van der Waals surface area (Å²) in [4.78, 5) is 31.2. The van der Waals surface area contributed by atoms with Crippen molar-refractivity contribution in [2.24, 2.45) is 0 Å². The standard InChI is InChI=1S/C27H31N5O2/c1-20-8-3-4-9-22(20)17-32-25(33)13-6-5-12-24-27(32,2)14-15-31(24)26(34)21-10-7-11-23(16-21)30-18-28-29-19-30/h3-4,7-11,16,18-19,24H,5-6,12-15,17H2,1-2H3/t24-,27-/m0/s1. The zero-order chi connectivity index (χ0) is 23.7. The minimum Gasteiger partial charge on any atom is -0.333 e. The Morgan fingerprint density at radius 2 is 1.88 bits per heavy atom. The van der Waals surface area contributed by atoms with Crippen LogP contribution in [0, 0.1) is 6.92 Å². The van der Waals surface area contributed by atoms with E-state index in [1.165, 1.54) is 11.1 Å². The lowest BCUT2D eigenvalue weighted by atomic mass is 9.84. The lowest BCUT2D eigenvalue weighted by molar-refractivity contribution is -0.140. The van der Waals surface area contributed by atoms with E-state index in [2.05, 4.69) is 41.1 Å². The third kappa shape index (κ3) is 4.00. The van der Waals surface area contributed by atoms with Crippen LogP contribution >= 0.6 is 0 Å². The van der Waals surface area contributed by atoms with Gasteiger partial charge >= 0.3 is 0 Å². The molecule has 0 spiro atoms. The number of nitrogens with zero attached hydrogens (tertiary/aromatic N) is 5. The van der Waals surface area contributed by atoms with Crippen LogP contribution in [0.4, 0.5) is 0 Å². The van der Waals surface area contributed by atoms with Gasteiger partial charge in [-0.1, -0.05) is 36.8 Å². The molecule has 0 unspecified atom stereocenters. The first-order chi connectivity index (χ1) is 16.5. The van der Waals surface area contributed by atoms with Crippen molar-refractivity contribution in [3.8, 4) is 5.69 Å². The van der Waals surface area contributed by atoms with Crippen molar-refractivity contribution in [2.45, 2.75) is 64.1 Å². The zero-order valence-electron chi connectivity index (χ0n) is 19.9. The maximum Gasteiger partial charge on any atom is 0.254 e. The summed E-state index contributed by atoms with van der Waals surface area (Å²) in [7, 11) is 0. The number of aryl methyl sites for hydroxylation is 1. The summed E-state index contributed by atoms with van der Waals surface area (Å²) in [5.41, 5.74) is 3.47. The molecule has 0 saturated carbocycles. The third-order valence-corrected chi connectivity index (χ3v) is 7.65. The van der Waals surface area contributed by atoms with E-state index in [1.54, 1.807) is 17.2 Å². The van der Waals surface area contributed by atoms with Gasteiger partial charge in [-0.2, -0.15) is 0 Å². The Bertz CT molecular complexity index is 1190. The summed E-state index contributed by atoms with van der Waals surface area (Å²) in [5.74, 6) is 0.215. The topological polar surface area (TPSA) is 71.3 Å². The maximum atomic E-state index is 13.7. The molecule has 5 rings (SSSR count). The van der Waals surface area contributed by atoms with E-state index in [4.69, 9.17) is 0 Å². The van der Waals surface area contributed by atoms with Crippen LogP contribution in [0.3, 0.4) is 0 Å². The Hall–Kier alpha value is -3.48. The summed E-state index contributed by atoms with van der Waals surface area (Å²) in [6.45, 7) is 5.51. The lowest BCUT2D eigenvalue weighted by Crippen LogP contribution is -2.58. The predicted molar refractivity (Wildman–Crippen MR) is 129 cm³/mol. The van der Waals surface area contributed by atoms with Crippen molar-refractivity contribution in [1.29, 1.82) is 0 Å². The molecule has 2 aliphatic rings. The van der Waals surface area contributed by atoms with Gasteiger partial charge in [0.1, 0.15) is 12.7 Å².